The Morgan fingerprint density at radius 2 is 1.84 bits per heavy atom. The number of hydrogen-bond donors (Lipinski definition) is 1. The maximum Gasteiger partial charge on any atom is 0.0595 e. The van der Waals surface area contributed by atoms with Gasteiger partial charge in [0.15, 0.2) is 0 Å². The van der Waals surface area contributed by atoms with Gasteiger partial charge >= 0.3 is 0 Å². The molecule has 106 valence electrons. The molecular formula is C16H23Cl2N. The van der Waals surface area contributed by atoms with Crippen molar-refractivity contribution >= 4 is 23.2 Å². The lowest BCUT2D eigenvalue weighted by molar-refractivity contribution is 0.398. The molecule has 1 aromatic rings. The zero-order chi connectivity index (χ0) is 13.8. The zero-order valence-corrected chi connectivity index (χ0v) is 13.3. The van der Waals surface area contributed by atoms with E-state index in [4.69, 9.17) is 23.2 Å². The van der Waals surface area contributed by atoms with Gasteiger partial charge in [0.05, 0.1) is 10.0 Å². The smallest absolute Gasteiger partial charge is 0.0595 e. The molecule has 1 atom stereocenters. The minimum atomic E-state index is 0.520. The molecule has 2 rings (SSSR count). The number of benzene rings is 1. The fourth-order valence-corrected chi connectivity index (χ4v) is 3.33. The lowest BCUT2D eigenvalue weighted by Gasteiger charge is -2.26. The van der Waals surface area contributed by atoms with Gasteiger partial charge in [-0.15, -0.1) is 0 Å². The van der Waals surface area contributed by atoms with Crippen molar-refractivity contribution < 1.29 is 0 Å². The third-order valence-corrected chi connectivity index (χ3v) is 4.83. The van der Waals surface area contributed by atoms with E-state index >= 15 is 0 Å². The van der Waals surface area contributed by atoms with Crippen molar-refractivity contribution in [3.05, 3.63) is 33.8 Å². The van der Waals surface area contributed by atoms with E-state index < -0.39 is 0 Å². The Morgan fingerprint density at radius 3 is 2.42 bits per heavy atom. The van der Waals surface area contributed by atoms with Gasteiger partial charge < -0.3 is 5.32 Å². The summed E-state index contributed by atoms with van der Waals surface area (Å²) < 4.78 is 0. The summed E-state index contributed by atoms with van der Waals surface area (Å²) in [5.74, 6) is 1.34. The molecule has 0 heterocycles. The van der Waals surface area contributed by atoms with Crippen LogP contribution in [0.15, 0.2) is 18.2 Å². The van der Waals surface area contributed by atoms with Gasteiger partial charge in [0, 0.05) is 12.6 Å². The molecule has 1 unspecified atom stereocenters. The van der Waals surface area contributed by atoms with Crippen molar-refractivity contribution in [2.24, 2.45) is 5.92 Å². The molecule has 0 aromatic heterocycles. The number of nitrogens with one attached hydrogen (secondary N) is 1. The summed E-state index contributed by atoms with van der Waals surface area (Å²) in [6, 6.07) is 6.64. The fourth-order valence-electron chi connectivity index (χ4n) is 3.02. The molecule has 0 aliphatic heterocycles. The van der Waals surface area contributed by atoms with Crippen molar-refractivity contribution in [2.45, 2.75) is 51.5 Å². The van der Waals surface area contributed by atoms with Crippen LogP contribution in [-0.4, -0.2) is 12.6 Å². The first kappa shape index (κ1) is 15.2. The SMILES string of the molecule is CC(C)NCC(c1ccc(Cl)c(Cl)c1)C1CCCC1. The predicted octanol–water partition coefficient (Wildman–Crippen LogP) is 5.27. The molecule has 1 nitrogen and oxygen atoms in total. The maximum absolute atomic E-state index is 6.17. The number of halogens is 2. The van der Waals surface area contributed by atoms with E-state index in [0.717, 1.165) is 12.5 Å². The van der Waals surface area contributed by atoms with Crippen LogP contribution in [0.3, 0.4) is 0 Å². The summed E-state index contributed by atoms with van der Waals surface area (Å²) in [4.78, 5) is 0. The summed E-state index contributed by atoms with van der Waals surface area (Å²) in [6.45, 7) is 5.42. The minimum Gasteiger partial charge on any atom is -0.314 e. The Labute approximate surface area is 126 Å². The topological polar surface area (TPSA) is 12.0 Å². The van der Waals surface area contributed by atoms with Crippen molar-refractivity contribution in [2.75, 3.05) is 6.54 Å². The Kier molecular flexibility index (Phi) is 5.56. The molecule has 1 aliphatic carbocycles. The molecule has 0 saturated heterocycles. The van der Waals surface area contributed by atoms with Gasteiger partial charge in [-0.2, -0.15) is 0 Å². The molecule has 0 radical (unpaired) electrons. The maximum atomic E-state index is 6.17. The van der Waals surface area contributed by atoms with E-state index in [1.807, 2.05) is 6.07 Å². The first-order valence-electron chi connectivity index (χ1n) is 7.26. The number of hydrogen-bond acceptors (Lipinski definition) is 1. The largest absolute Gasteiger partial charge is 0.314 e. The van der Waals surface area contributed by atoms with Gasteiger partial charge in [-0.05, 0) is 42.4 Å². The second-order valence-corrected chi connectivity index (χ2v) is 6.70. The molecule has 1 fully saturated rings. The first-order chi connectivity index (χ1) is 9.08. The van der Waals surface area contributed by atoms with Crippen LogP contribution in [-0.2, 0) is 0 Å². The molecule has 1 aromatic carbocycles. The van der Waals surface area contributed by atoms with Crippen molar-refractivity contribution in [1.82, 2.24) is 5.32 Å². The van der Waals surface area contributed by atoms with E-state index in [-0.39, 0.29) is 0 Å². The van der Waals surface area contributed by atoms with Crippen LogP contribution in [0, 0.1) is 5.92 Å². The van der Waals surface area contributed by atoms with Crippen LogP contribution in [0.5, 0.6) is 0 Å². The molecular weight excluding hydrogens is 277 g/mol. The average molecular weight is 300 g/mol. The van der Waals surface area contributed by atoms with E-state index in [1.54, 1.807) is 0 Å². The van der Waals surface area contributed by atoms with Gasteiger partial charge in [-0.3, -0.25) is 0 Å². The van der Waals surface area contributed by atoms with Crippen LogP contribution in [0.2, 0.25) is 10.0 Å². The van der Waals surface area contributed by atoms with Crippen LogP contribution in [0.4, 0.5) is 0 Å². The summed E-state index contributed by atoms with van der Waals surface area (Å²) >= 11 is 12.2. The van der Waals surface area contributed by atoms with E-state index in [9.17, 15) is 0 Å². The molecule has 0 bridgehead atoms. The lowest BCUT2D eigenvalue weighted by atomic mass is 9.84. The second kappa shape index (κ2) is 6.97. The Bertz CT molecular complexity index is 411. The van der Waals surface area contributed by atoms with Gasteiger partial charge in [-0.25, -0.2) is 0 Å². The molecule has 1 saturated carbocycles. The van der Waals surface area contributed by atoms with Crippen molar-refractivity contribution in [3.63, 3.8) is 0 Å². The van der Waals surface area contributed by atoms with E-state index in [2.05, 4.69) is 31.3 Å². The molecule has 19 heavy (non-hydrogen) atoms. The van der Waals surface area contributed by atoms with Gasteiger partial charge in [0.2, 0.25) is 0 Å². The van der Waals surface area contributed by atoms with Crippen LogP contribution in [0.25, 0.3) is 0 Å². The first-order valence-corrected chi connectivity index (χ1v) is 8.02. The normalized spacial score (nSPS) is 18.2. The predicted molar refractivity (Wildman–Crippen MR) is 84.3 cm³/mol. The molecule has 0 spiro atoms. The zero-order valence-electron chi connectivity index (χ0n) is 11.8. The van der Waals surface area contributed by atoms with Gasteiger partial charge in [0.1, 0.15) is 0 Å². The average Bonchev–Trinajstić information content (AvgIpc) is 2.87. The highest BCUT2D eigenvalue weighted by Gasteiger charge is 2.26. The summed E-state index contributed by atoms with van der Waals surface area (Å²) in [5.41, 5.74) is 1.33. The number of rotatable bonds is 5. The summed E-state index contributed by atoms with van der Waals surface area (Å²) in [7, 11) is 0. The molecule has 1 aliphatic rings. The Balaban J connectivity index is 2.17. The standard InChI is InChI=1S/C16H23Cl2N/c1-11(2)19-10-14(12-5-3-4-6-12)13-7-8-15(17)16(18)9-13/h7-9,11-12,14,19H,3-6,10H2,1-2H3. The Morgan fingerprint density at radius 1 is 1.16 bits per heavy atom. The van der Waals surface area contributed by atoms with Crippen LogP contribution in [0.1, 0.15) is 51.0 Å². The third kappa shape index (κ3) is 4.11. The van der Waals surface area contributed by atoms with Crippen LogP contribution < -0.4 is 5.32 Å². The molecule has 1 N–H and O–H groups in total. The minimum absolute atomic E-state index is 0.520. The second-order valence-electron chi connectivity index (χ2n) is 5.89. The summed E-state index contributed by atoms with van der Waals surface area (Å²) in [6.07, 6.45) is 5.41. The highest BCUT2D eigenvalue weighted by atomic mass is 35.5. The van der Waals surface area contributed by atoms with Crippen molar-refractivity contribution in [3.8, 4) is 0 Å². The Hall–Kier alpha value is -0.240. The molecule has 0 amide bonds. The lowest BCUT2D eigenvalue weighted by Crippen LogP contribution is -2.30. The van der Waals surface area contributed by atoms with Crippen LogP contribution >= 0.6 is 23.2 Å². The van der Waals surface area contributed by atoms with E-state index in [0.29, 0.717) is 22.0 Å². The fraction of sp³-hybridized carbons (Fsp3) is 0.625. The summed E-state index contributed by atoms with van der Waals surface area (Å²) in [5, 5.41) is 4.90. The quantitative estimate of drug-likeness (QED) is 0.781. The van der Waals surface area contributed by atoms with E-state index in [1.165, 1.54) is 31.2 Å². The molecule has 3 heteroatoms. The monoisotopic (exact) mass is 299 g/mol. The van der Waals surface area contributed by atoms with Gasteiger partial charge in [-0.1, -0.05) is 56.0 Å². The van der Waals surface area contributed by atoms with Crippen molar-refractivity contribution in [1.29, 1.82) is 0 Å². The van der Waals surface area contributed by atoms with Gasteiger partial charge in [0.25, 0.3) is 0 Å². The third-order valence-electron chi connectivity index (χ3n) is 4.09. The highest BCUT2D eigenvalue weighted by Crippen LogP contribution is 2.38. The highest BCUT2D eigenvalue weighted by molar-refractivity contribution is 6.42.